The summed E-state index contributed by atoms with van der Waals surface area (Å²) in [5.41, 5.74) is 0. The lowest BCUT2D eigenvalue weighted by Gasteiger charge is -2.35. The zero-order valence-electron chi connectivity index (χ0n) is 12.4. The molecule has 1 saturated heterocycles. The number of nitrogens with zero attached hydrogens (tertiary/aromatic N) is 2. The van der Waals surface area contributed by atoms with Gasteiger partial charge in [0.1, 0.15) is 0 Å². The molecule has 1 atom stereocenters. The second-order valence-electron chi connectivity index (χ2n) is 4.65. The van der Waals surface area contributed by atoms with E-state index in [-0.39, 0.29) is 24.0 Å². The average molecular weight is 400 g/mol. The summed E-state index contributed by atoms with van der Waals surface area (Å²) < 4.78 is 0. The Morgan fingerprint density at radius 2 is 2.16 bits per heavy atom. The standard InChI is InChI=1S/C13H28N4S.HI/c1-4-17-9-6-5-7-12(17)11-16-13(14-2)15-8-10-18-3;/h12H,4-11H2,1-3H3,(H2,14,15,16);1H. The third-order valence-electron chi connectivity index (χ3n) is 3.48. The van der Waals surface area contributed by atoms with Gasteiger partial charge in [0, 0.05) is 31.9 Å². The second-order valence-corrected chi connectivity index (χ2v) is 5.64. The molecule has 19 heavy (non-hydrogen) atoms. The van der Waals surface area contributed by atoms with Gasteiger partial charge in [0.25, 0.3) is 0 Å². The van der Waals surface area contributed by atoms with Crippen LogP contribution in [0.15, 0.2) is 4.99 Å². The maximum absolute atomic E-state index is 4.26. The minimum absolute atomic E-state index is 0. The summed E-state index contributed by atoms with van der Waals surface area (Å²) in [5, 5.41) is 6.79. The van der Waals surface area contributed by atoms with Crippen molar-refractivity contribution in [1.82, 2.24) is 15.5 Å². The van der Waals surface area contributed by atoms with Gasteiger partial charge in [-0.1, -0.05) is 13.3 Å². The van der Waals surface area contributed by atoms with E-state index in [9.17, 15) is 0 Å². The van der Waals surface area contributed by atoms with E-state index >= 15 is 0 Å². The molecule has 0 bridgehead atoms. The maximum atomic E-state index is 4.26. The molecule has 0 aromatic carbocycles. The molecule has 4 nitrogen and oxygen atoms in total. The van der Waals surface area contributed by atoms with Crippen LogP contribution in [0.4, 0.5) is 0 Å². The number of aliphatic imine (C=N–C) groups is 1. The number of likely N-dealkylation sites (tertiary alicyclic amines) is 1. The van der Waals surface area contributed by atoms with Crippen molar-refractivity contribution in [3.05, 3.63) is 0 Å². The Balaban J connectivity index is 0.00000324. The van der Waals surface area contributed by atoms with Crippen molar-refractivity contribution in [2.75, 3.05) is 45.2 Å². The van der Waals surface area contributed by atoms with Crippen LogP contribution in [0.1, 0.15) is 26.2 Å². The normalized spacial score (nSPS) is 20.8. The first-order chi connectivity index (χ1) is 8.81. The summed E-state index contributed by atoms with van der Waals surface area (Å²) in [6.07, 6.45) is 6.15. The fraction of sp³-hybridized carbons (Fsp3) is 0.923. The first kappa shape index (κ1) is 19.3. The Morgan fingerprint density at radius 3 is 2.79 bits per heavy atom. The average Bonchev–Trinajstić information content (AvgIpc) is 2.43. The number of halogens is 1. The van der Waals surface area contributed by atoms with Crippen molar-refractivity contribution in [2.45, 2.75) is 32.2 Å². The molecule has 1 fully saturated rings. The molecule has 0 spiro atoms. The van der Waals surface area contributed by atoms with E-state index in [2.05, 4.69) is 33.7 Å². The van der Waals surface area contributed by atoms with Gasteiger partial charge >= 0.3 is 0 Å². The Labute approximate surface area is 139 Å². The highest BCUT2D eigenvalue weighted by Crippen LogP contribution is 2.15. The van der Waals surface area contributed by atoms with Crippen LogP contribution in [0, 0.1) is 0 Å². The Kier molecular flexibility index (Phi) is 12.3. The molecule has 6 heteroatoms. The minimum atomic E-state index is 0. The number of guanidine groups is 1. The molecular formula is C13H29IN4S. The summed E-state index contributed by atoms with van der Waals surface area (Å²) >= 11 is 1.85. The zero-order chi connectivity index (χ0) is 13.2. The van der Waals surface area contributed by atoms with E-state index in [0.717, 1.165) is 31.3 Å². The smallest absolute Gasteiger partial charge is 0.191 e. The molecule has 2 N–H and O–H groups in total. The van der Waals surface area contributed by atoms with Gasteiger partial charge in [-0.15, -0.1) is 24.0 Å². The number of rotatable bonds is 6. The number of hydrogen-bond acceptors (Lipinski definition) is 3. The van der Waals surface area contributed by atoms with E-state index in [1.807, 2.05) is 18.8 Å². The van der Waals surface area contributed by atoms with Gasteiger partial charge in [0.05, 0.1) is 0 Å². The molecule has 114 valence electrons. The summed E-state index contributed by atoms with van der Waals surface area (Å²) in [7, 11) is 1.84. The summed E-state index contributed by atoms with van der Waals surface area (Å²) in [4.78, 5) is 6.84. The van der Waals surface area contributed by atoms with Crippen LogP contribution in [0.25, 0.3) is 0 Å². The fourth-order valence-corrected chi connectivity index (χ4v) is 2.72. The van der Waals surface area contributed by atoms with Crippen LogP contribution in [0.2, 0.25) is 0 Å². The molecule has 0 aliphatic carbocycles. The molecule has 0 saturated carbocycles. The molecule has 1 heterocycles. The van der Waals surface area contributed by atoms with E-state index < -0.39 is 0 Å². The molecule has 1 aliphatic heterocycles. The number of thioether (sulfide) groups is 1. The van der Waals surface area contributed by atoms with Crippen LogP contribution < -0.4 is 10.6 Å². The lowest BCUT2D eigenvalue weighted by molar-refractivity contribution is 0.157. The second kappa shape index (κ2) is 12.1. The monoisotopic (exact) mass is 400 g/mol. The van der Waals surface area contributed by atoms with Gasteiger partial charge in [0.2, 0.25) is 0 Å². The van der Waals surface area contributed by atoms with Crippen LogP contribution in [-0.2, 0) is 0 Å². The number of hydrogen-bond donors (Lipinski definition) is 2. The first-order valence-corrected chi connectivity index (χ1v) is 8.38. The van der Waals surface area contributed by atoms with Gasteiger partial charge in [-0.2, -0.15) is 11.8 Å². The number of nitrogens with one attached hydrogen (secondary N) is 2. The van der Waals surface area contributed by atoms with Crippen molar-refractivity contribution < 1.29 is 0 Å². The highest BCUT2D eigenvalue weighted by molar-refractivity contribution is 14.0. The minimum Gasteiger partial charge on any atom is -0.356 e. The van der Waals surface area contributed by atoms with Crippen molar-refractivity contribution in [1.29, 1.82) is 0 Å². The fourth-order valence-electron chi connectivity index (χ4n) is 2.41. The molecule has 1 aliphatic rings. The van der Waals surface area contributed by atoms with Gasteiger partial charge in [-0.05, 0) is 32.2 Å². The summed E-state index contributed by atoms with van der Waals surface area (Å²) in [6.45, 7) is 6.64. The van der Waals surface area contributed by atoms with Gasteiger partial charge in [-0.25, -0.2) is 0 Å². The van der Waals surface area contributed by atoms with Crippen LogP contribution in [0.5, 0.6) is 0 Å². The number of piperidine rings is 1. The Morgan fingerprint density at radius 1 is 1.37 bits per heavy atom. The SMILES string of the molecule is CCN1CCCCC1CNC(=NC)NCCSC.I. The third-order valence-corrected chi connectivity index (χ3v) is 4.09. The Hall–Kier alpha value is 0.310. The molecule has 0 radical (unpaired) electrons. The quantitative estimate of drug-likeness (QED) is 0.310. The molecular weight excluding hydrogens is 371 g/mol. The van der Waals surface area contributed by atoms with Gasteiger partial charge < -0.3 is 10.6 Å². The number of likely N-dealkylation sites (N-methyl/N-ethyl adjacent to an activating group) is 1. The first-order valence-electron chi connectivity index (χ1n) is 6.99. The lowest BCUT2D eigenvalue weighted by Crippen LogP contribution is -2.49. The topological polar surface area (TPSA) is 39.7 Å². The molecule has 1 unspecified atom stereocenters. The van der Waals surface area contributed by atoms with Crippen LogP contribution >= 0.6 is 35.7 Å². The lowest BCUT2D eigenvalue weighted by atomic mass is 10.0. The highest BCUT2D eigenvalue weighted by Gasteiger charge is 2.20. The van der Waals surface area contributed by atoms with E-state index in [4.69, 9.17) is 0 Å². The summed E-state index contributed by atoms with van der Waals surface area (Å²) in [6, 6.07) is 0.669. The van der Waals surface area contributed by atoms with Gasteiger partial charge in [-0.3, -0.25) is 9.89 Å². The van der Waals surface area contributed by atoms with E-state index in [1.54, 1.807) is 0 Å². The highest BCUT2D eigenvalue weighted by atomic mass is 127. The molecule has 0 aromatic heterocycles. The Bertz CT molecular complexity index is 251. The third kappa shape index (κ3) is 7.60. The maximum Gasteiger partial charge on any atom is 0.191 e. The van der Waals surface area contributed by atoms with Gasteiger partial charge in [0.15, 0.2) is 5.96 Å². The van der Waals surface area contributed by atoms with E-state index in [1.165, 1.54) is 25.8 Å². The van der Waals surface area contributed by atoms with Crippen LogP contribution in [-0.4, -0.2) is 62.1 Å². The molecule has 0 aromatic rings. The van der Waals surface area contributed by atoms with Crippen molar-refractivity contribution in [2.24, 2.45) is 4.99 Å². The van der Waals surface area contributed by atoms with E-state index in [0.29, 0.717) is 6.04 Å². The largest absolute Gasteiger partial charge is 0.356 e. The zero-order valence-corrected chi connectivity index (χ0v) is 15.6. The molecule has 0 amide bonds. The predicted octanol–water partition coefficient (Wildman–Crippen LogP) is 2.01. The molecule has 1 rings (SSSR count). The van der Waals surface area contributed by atoms with Crippen molar-refractivity contribution in [3.63, 3.8) is 0 Å². The summed E-state index contributed by atoms with van der Waals surface area (Å²) in [5.74, 6) is 2.05. The van der Waals surface area contributed by atoms with Crippen LogP contribution in [0.3, 0.4) is 0 Å². The predicted molar refractivity (Wildman–Crippen MR) is 98.0 cm³/mol. The van der Waals surface area contributed by atoms with Crippen molar-refractivity contribution in [3.8, 4) is 0 Å². The van der Waals surface area contributed by atoms with Crippen molar-refractivity contribution >= 4 is 41.7 Å².